The van der Waals surface area contributed by atoms with E-state index in [2.05, 4.69) is 0 Å². The van der Waals surface area contributed by atoms with Crippen LogP contribution in [0.15, 0.2) is 42.5 Å². The standard InChI is InChI=1S/C22H26FN3O5S/c1-2-32(28,29)26(17-7-8-20-21(15-17)31-14-13-30-20)16-22(27)25-11-9-24(10-12-25)19-6-4-3-5-18(19)23/h3-8,15H,2,9-14,16H2,1H3. The summed E-state index contributed by atoms with van der Waals surface area (Å²) in [4.78, 5) is 16.5. The highest BCUT2D eigenvalue weighted by Crippen LogP contribution is 2.35. The van der Waals surface area contributed by atoms with Crippen LogP contribution < -0.4 is 18.7 Å². The van der Waals surface area contributed by atoms with E-state index in [1.165, 1.54) is 13.0 Å². The first-order valence-corrected chi connectivity index (χ1v) is 12.2. The summed E-state index contributed by atoms with van der Waals surface area (Å²) < 4.78 is 51.8. The van der Waals surface area contributed by atoms with Crippen molar-refractivity contribution in [3.8, 4) is 11.5 Å². The lowest BCUT2D eigenvalue weighted by Crippen LogP contribution is -2.52. The topological polar surface area (TPSA) is 79.4 Å². The van der Waals surface area contributed by atoms with Crippen LogP contribution in [0.2, 0.25) is 0 Å². The Balaban J connectivity index is 1.47. The molecule has 2 aliphatic rings. The van der Waals surface area contributed by atoms with Gasteiger partial charge in [-0.25, -0.2) is 12.8 Å². The second kappa shape index (κ2) is 9.23. The Morgan fingerprint density at radius 3 is 2.41 bits per heavy atom. The molecular weight excluding hydrogens is 437 g/mol. The van der Waals surface area contributed by atoms with Crippen LogP contribution in [-0.2, 0) is 14.8 Å². The molecule has 0 spiro atoms. The number of rotatable bonds is 6. The first-order chi connectivity index (χ1) is 15.4. The number of hydrogen-bond acceptors (Lipinski definition) is 6. The highest BCUT2D eigenvalue weighted by Gasteiger charge is 2.29. The van der Waals surface area contributed by atoms with Crippen LogP contribution in [0, 0.1) is 5.82 Å². The lowest BCUT2D eigenvalue weighted by molar-refractivity contribution is -0.129. The Morgan fingerprint density at radius 2 is 1.72 bits per heavy atom. The Labute approximate surface area is 187 Å². The zero-order chi connectivity index (χ0) is 22.7. The van der Waals surface area contributed by atoms with E-state index in [0.29, 0.717) is 62.3 Å². The van der Waals surface area contributed by atoms with Crippen LogP contribution in [0.25, 0.3) is 0 Å². The summed E-state index contributed by atoms with van der Waals surface area (Å²) in [7, 11) is -3.70. The maximum Gasteiger partial charge on any atom is 0.243 e. The predicted molar refractivity (Wildman–Crippen MR) is 119 cm³/mol. The minimum absolute atomic E-state index is 0.143. The molecule has 0 unspecified atom stereocenters. The van der Waals surface area contributed by atoms with Gasteiger partial charge in [0.1, 0.15) is 25.6 Å². The Kier molecular flexibility index (Phi) is 6.40. The van der Waals surface area contributed by atoms with Crippen LogP contribution in [-0.4, -0.2) is 70.9 Å². The number of halogens is 1. The van der Waals surface area contributed by atoms with E-state index >= 15 is 0 Å². The molecule has 1 amide bonds. The van der Waals surface area contributed by atoms with Crippen molar-refractivity contribution in [2.45, 2.75) is 6.92 Å². The van der Waals surface area contributed by atoms with E-state index in [4.69, 9.17) is 9.47 Å². The van der Waals surface area contributed by atoms with Crippen molar-refractivity contribution in [3.63, 3.8) is 0 Å². The van der Waals surface area contributed by atoms with Gasteiger partial charge in [0, 0.05) is 32.2 Å². The van der Waals surface area contributed by atoms with Crippen LogP contribution in [0.3, 0.4) is 0 Å². The number of carbonyl (C=O) groups is 1. The summed E-state index contributed by atoms with van der Waals surface area (Å²) in [6, 6.07) is 11.4. The molecule has 2 aliphatic heterocycles. The molecule has 2 heterocycles. The van der Waals surface area contributed by atoms with Gasteiger partial charge in [-0.2, -0.15) is 0 Å². The van der Waals surface area contributed by atoms with E-state index in [9.17, 15) is 17.6 Å². The van der Waals surface area contributed by atoms with Gasteiger partial charge in [-0.05, 0) is 31.2 Å². The normalized spacial score (nSPS) is 16.1. The monoisotopic (exact) mass is 463 g/mol. The van der Waals surface area contributed by atoms with Gasteiger partial charge in [-0.3, -0.25) is 9.10 Å². The Hall–Kier alpha value is -3.01. The maximum atomic E-state index is 14.1. The molecule has 0 saturated carbocycles. The molecular formula is C22H26FN3O5S. The Morgan fingerprint density at radius 1 is 1.03 bits per heavy atom. The number of hydrogen-bond donors (Lipinski definition) is 0. The van der Waals surface area contributed by atoms with E-state index in [1.54, 1.807) is 41.3 Å². The lowest BCUT2D eigenvalue weighted by atomic mass is 10.2. The van der Waals surface area contributed by atoms with Crippen molar-refractivity contribution in [1.29, 1.82) is 0 Å². The molecule has 172 valence electrons. The van der Waals surface area contributed by atoms with Gasteiger partial charge in [0.2, 0.25) is 15.9 Å². The van der Waals surface area contributed by atoms with E-state index in [1.807, 2.05) is 4.90 Å². The molecule has 0 bridgehead atoms. The summed E-state index contributed by atoms with van der Waals surface area (Å²) >= 11 is 0. The van der Waals surface area contributed by atoms with Gasteiger partial charge < -0.3 is 19.3 Å². The van der Waals surface area contributed by atoms with Gasteiger partial charge in [0.15, 0.2) is 11.5 Å². The van der Waals surface area contributed by atoms with Crippen LogP contribution in [0.4, 0.5) is 15.8 Å². The molecule has 0 radical (unpaired) electrons. The van der Waals surface area contributed by atoms with E-state index in [0.717, 1.165) is 4.31 Å². The number of carbonyl (C=O) groups excluding carboxylic acids is 1. The summed E-state index contributed by atoms with van der Waals surface area (Å²) in [5, 5.41) is 0. The number of fused-ring (bicyclic) bond motifs is 1. The molecule has 1 fully saturated rings. The van der Waals surface area contributed by atoms with E-state index < -0.39 is 10.0 Å². The third-order valence-electron chi connectivity index (χ3n) is 5.62. The molecule has 0 N–H and O–H groups in total. The number of amides is 1. The smallest absolute Gasteiger partial charge is 0.243 e. The molecule has 32 heavy (non-hydrogen) atoms. The fraction of sp³-hybridized carbons (Fsp3) is 0.409. The first kappa shape index (κ1) is 22.2. The summed E-state index contributed by atoms with van der Waals surface area (Å²) in [5.41, 5.74) is 0.862. The summed E-state index contributed by atoms with van der Waals surface area (Å²) in [6.45, 7) is 3.74. The molecule has 10 heteroatoms. The highest BCUT2D eigenvalue weighted by atomic mass is 32.2. The number of para-hydroxylation sites is 1. The fourth-order valence-corrected chi connectivity index (χ4v) is 4.87. The number of anilines is 2. The van der Waals surface area contributed by atoms with Gasteiger partial charge in [0.25, 0.3) is 0 Å². The third-order valence-corrected chi connectivity index (χ3v) is 7.36. The lowest BCUT2D eigenvalue weighted by Gasteiger charge is -2.37. The zero-order valence-corrected chi connectivity index (χ0v) is 18.7. The molecule has 0 atom stereocenters. The average Bonchev–Trinajstić information content (AvgIpc) is 2.82. The van der Waals surface area contributed by atoms with Gasteiger partial charge >= 0.3 is 0 Å². The molecule has 2 aromatic rings. The minimum atomic E-state index is -3.70. The summed E-state index contributed by atoms with van der Waals surface area (Å²) in [5.74, 6) is 0.257. The highest BCUT2D eigenvalue weighted by molar-refractivity contribution is 7.92. The molecule has 4 rings (SSSR count). The van der Waals surface area contributed by atoms with Gasteiger partial charge in [0.05, 0.1) is 17.1 Å². The van der Waals surface area contributed by atoms with Crippen LogP contribution in [0.1, 0.15) is 6.92 Å². The number of nitrogens with zero attached hydrogens (tertiary/aromatic N) is 3. The van der Waals surface area contributed by atoms with Crippen molar-refractivity contribution in [1.82, 2.24) is 4.90 Å². The second-order valence-corrected chi connectivity index (χ2v) is 9.74. The molecule has 1 saturated heterocycles. The molecule has 8 nitrogen and oxygen atoms in total. The molecule has 0 aliphatic carbocycles. The minimum Gasteiger partial charge on any atom is -0.486 e. The second-order valence-electron chi connectivity index (χ2n) is 7.55. The Bertz CT molecular complexity index is 1090. The zero-order valence-electron chi connectivity index (χ0n) is 17.9. The van der Waals surface area contributed by atoms with Crippen LogP contribution in [0.5, 0.6) is 11.5 Å². The fourth-order valence-electron chi connectivity index (χ4n) is 3.82. The maximum absolute atomic E-state index is 14.1. The first-order valence-electron chi connectivity index (χ1n) is 10.6. The van der Waals surface area contributed by atoms with Gasteiger partial charge in [-0.1, -0.05) is 12.1 Å². The number of piperazine rings is 1. The van der Waals surface area contributed by atoms with Crippen molar-refractivity contribution in [2.75, 3.05) is 60.9 Å². The molecule has 2 aromatic carbocycles. The largest absolute Gasteiger partial charge is 0.486 e. The summed E-state index contributed by atoms with van der Waals surface area (Å²) in [6.07, 6.45) is 0. The van der Waals surface area contributed by atoms with Gasteiger partial charge in [-0.15, -0.1) is 0 Å². The van der Waals surface area contributed by atoms with Crippen molar-refractivity contribution >= 4 is 27.3 Å². The molecule has 0 aromatic heterocycles. The van der Waals surface area contributed by atoms with E-state index in [-0.39, 0.29) is 24.0 Å². The number of sulfonamides is 1. The van der Waals surface area contributed by atoms with Crippen molar-refractivity contribution < 1.29 is 27.1 Å². The third kappa shape index (κ3) is 4.59. The van der Waals surface area contributed by atoms with Crippen molar-refractivity contribution in [2.24, 2.45) is 0 Å². The van der Waals surface area contributed by atoms with Crippen LogP contribution >= 0.6 is 0 Å². The SMILES string of the molecule is CCS(=O)(=O)N(CC(=O)N1CCN(c2ccccc2F)CC1)c1ccc2c(c1)OCCO2. The van der Waals surface area contributed by atoms with Crippen molar-refractivity contribution in [3.05, 3.63) is 48.3 Å². The average molecular weight is 464 g/mol. The number of ether oxygens (including phenoxy) is 2. The number of benzene rings is 2. The predicted octanol–water partition coefficient (Wildman–Crippen LogP) is 2.10. The quantitative estimate of drug-likeness (QED) is 0.653.